The van der Waals surface area contributed by atoms with Crippen LogP contribution in [0.1, 0.15) is 17.2 Å². The van der Waals surface area contributed by atoms with Crippen LogP contribution in [0.25, 0.3) is 0 Å². The highest BCUT2D eigenvalue weighted by Crippen LogP contribution is 2.46. The molecule has 36 heavy (non-hydrogen) atoms. The van der Waals surface area contributed by atoms with Crippen LogP contribution in [-0.4, -0.2) is 46.8 Å². The van der Waals surface area contributed by atoms with Crippen LogP contribution in [0, 0.1) is 0 Å². The van der Waals surface area contributed by atoms with Gasteiger partial charge in [0.2, 0.25) is 11.8 Å². The van der Waals surface area contributed by atoms with Gasteiger partial charge in [0.25, 0.3) is 0 Å². The summed E-state index contributed by atoms with van der Waals surface area (Å²) in [6.07, 6.45) is 0.221. The number of rotatable bonds is 8. The zero-order valence-electron chi connectivity index (χ0n) is 20.6. The normalized spacial score (nSPS) is 14.9. The Bertz CT molecular complexity index is 1260. The number of carbonyl (C=O) groups is 2. The lowest BCUT2D eigenvalue weighted by Gasteiger charge is -2.22. The Hall–Kier alpha value is -3.85. The summed E-state index contributed by atoms with van der Waals surface area (Å²) in [6, 6.07) is 18.4. The maximum absolute atomic E-state index is 13.5. The second-order valence-electron chi connectivity index (χ2n) is 7.99. The second-order valence-corrected chi connectivity index (χ2v) is 9.24. The number of fused-ring (bicyclic) bond motifs is 1. The van der Waals surface area contributed by atoms with E-state index in [0.29, 0.717) is 34.4 Å². The first-order valence-electron chi connectivity index (χ1n) is 11.3. The average Bonchev–Trinajstić information content (AvgIpc) is 3.04. The van der Waals surface area contributed by atoms with Crippen LogP contribution in [0.15, 0.2) is 65.6 Å². The molecule has 0 spiro atoms. The minimum absolute atomic E-state index is 0.122. The number of para-hydroxylation sites is 1. The molecule has 8 nitrogen and oxygen atoms in total. The SMILES string of the molecule is COc1ccc(NC(=O)CN2C(=O)CC(c3ccc(OC)c(OC)c3)Sc3ccccc32)cc1OC. The van der Waals surface area contributed by atoms with Gasteiger partial charge in [0.15, 0.2) is 23.0 Å². The number of benzene rings is 3. The lowest BCUT2D eigenvalue weighted by molar-refractivity contribution is -0.121. The number of amides is 2. The van der Waals surface area contributed by atoms with Crippen LogP contribution in [-0.2, 0) is 9.59 Å². The van der Waals surface area contributed by atoms with E-state index in [9.17, 15) is 9.59 Å². The molecule has 188 valence electrons. The van der Waals surface area contributed by atoms with Crippen molar-refractivity contribution in [3.05, 3.63) is 66.2 Å². The molecule has 9 heteroatoms. The molecule has 3 aromatic rings. The molecule has 2 amide bonds. The number of methoxy groups -OCH3 is 4. The van der Waals surface area contributed by atoms with Gasteiger partial charge in [-0.25, -0.2) is 0 Å². The molecular weight excluding hydrogens is 480 g/mol. The van der Waals surface area contributed by atoms with Gasteiger partial charge in [-0.2, -0.15) is 0 Å². The topological polar surface area (TPSA) is 86.3 Å². The highest BCUT2D eigenvalue weighted by Gasteiger charge is 2.31. The van der Waals surface area contributed by atoms with E-state index >= 15 is 0 Å². The van der Waals surface area contributed by atoms with Crippen molar-refractivity contribution >= 4 is 35.0 Å². The molecule has 0 saturated carbocycles. The first-order chi connectivity index (χ1) is 17.5. The number of ether oxygens (including phenoxy) is 4. The molecule has 1 heterocycles. The van der Waals surface area contributed by atoms with Crippen molar-refractivity contribution in [2.24, 2.45) is 0 Å². The lowest BCUT2D eigenvalue weighted by atomic mass is 10.1. The molecule has 0 aromatic heterocycles. The molecule has 0 aliphatic carbocycles. The van der Waals surface area contributed by atoms with E-state index in [-0.39, 0.29) is 30.0 Å². The predicted molar refractivity (Wildman–Crippen MR) is 140 cm³/mol. The summed E-state index contributed by atoms with van der Waals surface area (Å²) in [5.74, 6) is 1.83. The van der Waals surface area contributed by atoms with Gasteiger partial charge in [0.1, 0.15) is 6.54 Å². The Balaban J connectivity index is 1.57. The smallest absolute Gasteiger partial charge is 0.244 e. The van der Waals surface area contributed by atoms with Crippen molar-refractivity contribution < 1.29 is 28.5 Å². The van der Waals surface area contributed by atoms with Crippen molar-refractivity contribution in [1.29, 1.82) is 0 Å². The minimum Gasteiger partial charge on any atom is -0.493 e. The van der Waals surface area contributed by atoms with E-state index in [0.717, 1.165) is 10.5 Å². The molecule has 0 bridgehead atoms. The van der Waals surface area contributed by atoms with Crippen LogP contribution in [0.5, 0.6) is 23.0 Å². The summed E-state index contributed by atoms with van der Waals surface area (Å²) in [5.41, 5.74) is 2.20. The zero-order valence-corrected chi connectivity index (χ0v) is 21.4. The number of carbonyl (C=O) groups excluding carboxylic acids is 2. The molecule has 0 saturated heterocycles. The van der Waals surface area contributed by atoms with E-state index in [1.165, 1.54) is 7.11 Å². The summed E-state index contributed by atoms with van der Waals surface area (Å²) in [7, 11) is 6.25. The van der Waals surface area contributed by atoms with Gasteiger partial charge < -0.3 is 29.2 Å². The van der Waals surface area contributed by atoms with Gasteiger partial charge in [-0.05, 0) is 42.0 Å². The fraction of sp³-hybridized carbons (Fsp3) is 0.259. The highest BCUT2D eigenvalue weighted by atomic mass is 32.2. The molecule has 4 rings (SSSR count). The van der Waals surface area contributed by atoms with Crippen LogP contribution in [0.4, 0.5) is 11.4 Å². The molecular formula is C27H28N2O6S. The monoisotopic (exact) mass is 508 g/mol. The zero-order chi connectivity index (χ0) is 25.7. The third kappa shape index (κ3) is 5.36. The molecule has 3 aromatic carbocycles. The number of hydrogen-bond acceptors (Lipinski definition) is 7. The number of thioether (sulfide) groups is 1. The number of nitrogens with zero attached hydrogens (tertiary/aromatic N) is 1. The molecule has 1 aliphatic rings. The first kappa shape index (κ1) is 25.2. The minimum atomic E-state index is -0.320. The average molecular weight is 509 g/mol. The van der Waals surface area contributed by atoms with Crippen LogP contribution < -0.4 is 29.2 Å². The number of anilines is 2. The maximum atomic E-state index is 13.5. The molecule has 1 atom stereocenters. The first-order valence-corrected chi connectivity index (χ1v) is 12.1. The Morgan fingerprint density at radius 2 is 1.53 bits per heavy atom. The summed E-state index contributed by atoms with van der Waals surface area (Å²) in [4.78, 5) is 28.9. The van der Waals surface area contributed by atoms with Gasteiger partial charge in [0.05, 0.1) is 34.1 Å². The third-order valence-electron chi connectivity index (χ3n) is 5.83. The van der Waals surface area contributed by atoms with Crippen LogP contribution in [0.2, 0.25) is 0 Å². The van der Waals surface area contributed by atoms with Gasteiger partial charge >= 0.3 is 0 Å². The molecule has 1 unspecified atom stereocenters. The Kier molecular flexibility index (Phi) is 7.90. The van der Waals surface area contributed by atoms with E-state index in [1.807, 2.05) is 42.5 Å². The van der Waals surface area contributed by atoms with E-state index < -0.39 is 0 Å². The van der Waals surface area contributed by atoms with Crippen molar-refractivity contribution in [1.82, 2.24) is 0 Å². The summed E-state index contributed by atoms with van der Waals surface area (Å²) >= 11 is 1.59. The standard InChI is InChI=1S/C27H28N2O6S/c1-32-20-11-9-17(13-22(20)34-3)25-15-27(31)29(19-7-5-6-8-24(19)36-25)16-26(30)28-18-10-12-21(33-2)23(14-18)35-4/h5-14,25H,15-16H2,1-4H3,(H,28,30). The van der Waals surface area contributed by atoms with Gasteiger partial charge in [0, 0.05) is 28.3 Å². The third-order valence-corrected chi connectivity index (χ3v) is 7.16. The second kappa shape index (κ2) is 11.3. The molecule has 1 aliphatic heterocycles. The summed E-state index contributed by atoms with van der Waals surface area (Å²) < 4.78 is 21.4. The van der Waals surface area contributed by atoms with Crippen molar-refractivity contribution in [2.75, 3.05) is 45.2 Å². The van der Waals surface area contributed by atoms with Crippen LogP contribution in [0.3, 0.4) is 0 Å². The molecule has 1 N–H and O–H groups in total. The predicted octanol–water partition coefficient (Wildman–Crippen LogP) is 4.93. The largest absolute Gasteiger partial charge is 0.493 e. The molecule has 0 radical (unpaired) electrons. The highest BCUT2D eigenvalue weighted by molar-refractivity contribution is 7.99. The Morgan fingerprint density at radius 3 is 2.22 bits per heavy atom. The van der Waals surface area contributed by atoms with E-state index in [4.69, 9.17) is 18.9 Å². The number of nitrogens with one attached hydrogen (secondary N) is 1. The maximum Gasteiger partial charge on any atom is 0.244 e. The van der Waals surface area contributed by atoms with Crippen molar-refractivity contribution in [3.63, 3.8) is 0 Å². The van der Waals surface area contributed by atoms with Crippen LogP contribution >= 0.6 is 11.8 Å². The van der Waals surface area contributed by atoms with Gasteiger partial charge in [-0.1, -0.05) is 18.2 Å². The Morgan fingerprint density at radius 1 is 0.889 bits per heavy atom. The van der Waals surface area contributed by atoms with E-state index in [1.54, 1.807) is 56.2 Å². The molecule has 0 fully saturated rings. The fourth-order valence-electron chi connectivity index (χ4n) is 4.05. The Labute approximate surface area is 214 Å². The van der Waals surface area contributed by atoms with Crippen molar-refractivity contribution in [3.8, 4) is 23.0 Å². The quantitative estimate of drug-likeness (QED) is 0.462. The van der Waals surface area contributed by atoms with E-state index in [2.05, 4.69) is 5.32 Å². The summed E-state index contributed by atoms with van der Waals surface area (Å²) in [6.45, 7) is -0.122. The van der Waals surface area contributed by atoms with Crippen molar-refractivity contribution in [2.45, 2.75) is 16.6 Å². The number of hydrogen-bond donors (Lipinski definition) is 1. The fourth-order valence-corrected chi connectivity index (χ4v) is 5.32. The lowest BCUT2D eigenvalue weighted by Crippen LogP contribution is -2.38. The summed E-state index contributed by atoms with van der Waals surface area (Å²) in [5, 5.41) is 2.70. The van der Waals surface area contributed by atoms with Gasteiger partial charge in [-0.15, -0.1) is 11.8 Å². The van der Waals surface area contributed by atoms with Gasteiger partial charge in [-0.3, -0.25) is 9.59 Å².